The molecule has 1 aliphatic heterocycles. The fraction of sp³-hybridized carbons (Fsp3) is 0.273. The molecule has 0 radical (unpaired) electrons. The quantitative estimate of drug-likeness (QED) is 0.182. The molecule has 0 fully saturated rings. The van der Waals surface area contributed by atoms with E-state index in [1.54, 1.807) is 34.7 Å². The Bertz CT molecular complexity index is 1200. The normalized spacial score (nSPS) is 19.0. The number of halogens is 1. The zero-order valence-corrected chi connectivity index (χ0v) is 20.8. The first-order chi connectivity index (χ1) is 17.0. The Labute approximate surface area is 218 Å². The molecule has 0 spiro atoms. The Morgan fingerprint density at radius 3 is 2.53 bits per heavy atom. The second-order valence-electron chi connectivity index (χ2n) is 7.84. The van der Waals surface area contributed by atoms with Gasteiger partial charge >= 0.3 is 0 Å². The van der Waals surface area contributed by atoms with Crippen LogP contribution in [0.1, 0.15) is 22.3 Å². The number of primary amides is 1. The van der Waals surface area contributed by atoms with E-state index in [4.69, 9.17) is 10.5 Å². The molecule has 1 heterocycles. The molecule has 1 aliphatic rings. The number of hydrogen-bond acceptors (Lipinski definition) is 8. The molecule has 0 saturated carbocycles. The number of nitro benzene ring substituents is 1. The van der Waals surface area contributed by atoms with Gasteiger partial charge in [0.15, 0.2) is 0 Å². The van der Waals surface area contributed by atoms with Crippen LogP contribution in [0.5, 0.6) is 11.5 Å². The van der Waals surface area contributed by atoms with Gasteiger partial charge in [0.2, 0.25) is 17.7 Å². The molecule has 36 heavy (non-hydrogen) atoms. The first-order valence-corrected chi connectivity index (χ1v) is 11.7. The Morgan fingerprint density at radius 1 is 1.19 bits per heavy atom. The zero-order chi connectivity index (χ0) is 26.4. The second kappa shape index (κ2) is 11.7. The van der Waals surface area contributed by atoms with Crippen LogP contribution in [0.25, 0.3) is 0 Å². The predicted octanol–water partition coefficient (Wildman–Crippen LogP) is 0.115. The molecular weight excluding hydrogens is 589 g/mol. The minimum atomic E-state index is -1.20. The van der Waals surface area contributed by atoms with E-state index < -0.39 is 47.2 Å². The Balaban J connectivity index is 2.02. The number of nitrogens with one attached hydrogen (secondary N) is 3. The highest BCUT2D eigenvalue weighted by molar-refractivity contribution is 14.1. The van der Waals surface area contributed by atoms with Crippen molar-refractivity contribution in [2.75, 3.05) is 13.2 Å². The molecular formula is C22H22IN5O8. The summed E-state index contributed by atoms with van der Waals surface area (Å²) in [6.07, 6.45) is -0.0712. The van der Waals surface area contributed by atoms with E-state index in [9.17, 15) is 34.4 Å². The van der Waals surface area contributed by atoms with Gasteiger partial charge in [-0.3, -0.25) is 29.3 Å². The molecule has 190 valence electrons. The van der Waals surface area contributed by atoms with Crippen molar-refractivity contribution >= 4 is 51.9 Å². The summed E-state index contributed by atoms with van der Waals surface area (Å²) in [5.74, 6) is -3.03. The maximum absolute atomic E-state index is 13.2. The van der Waals surface area contributed by atoms with Crippen molar-refractivity contribution in [3.8, 4) is 11.5 Å². The topological polar surface area (TPSA) is 203 Å². The first kappa shape index (κ1) is 26.7. The van der Waals surface area contributed by atoms with Crippen LogP contribution in [-0.4, -0.2) is 58.9 Å². The summed E-state index contributed by atoms with van der Waals surface area (Å²) >= 11 is 1.77. The number of nitrogens with zero attached hydrogens (tertiary/aromatic N) is 1. The van der Waals surface area contributed by atoms with Crippen molar-refractivity contribution in [3.63, 3.8) is 0 Å². The fourth-order valence-corrected chi connectivity index (χ4v) is 4.18. The molecule has 6 N–H and O–H groups in total. The largest absolute Gasteiger partial charge is 0.508 e. The van der Waals surface area contributed by atoms with E-state index in [0.717, 1.165) is 6.07 Å². The Kier molecular flexibility index (Phi) is 8.63. The van der Waals surface area contributed by atoms with E-state index in [1.807, 2.05) is 0 Å². The van der Waals surface area contributed by atoms with Crippen LogP contribution in [0, 0.1) is 13.7 Å². The number of fused-ring (bicyclic) bond motifs is 1. The number of phenols is 1. The summed E-state index contributed by atoms with van der Waals surface area (Å²) in [4.78, 5) is 61.0. The molecule has 2 atom stereocenters. The Morgan fingerprint density at radius 2 is 1.89 bits per heavy atom. The molecule has 0 bridgehead atoms. The first-order valence-electron chi connectivity index (χ1n) is 10.6. The van der Waals surface area contributed by atoms with Crippen LogP contribution >= 0.6 is 22.6 Å². The van der Waals surface area contributed by atoms with Gasteiger partial charge in [-0.05, 0) is 40.3 Å². The third-order valence-corrected chi connectivity index (χ3v) is 6.04. The number of nitrogens with two attached hydrogens (primary N) is 1. The summed E-state index contributed by atoms with van der Waals surface area (Å²) in [6.45, 7) is -0.642. The van der Waals surface area contributed by atoms with Crippen molar-refractivity contribution in [3.05, 3.63) is 61.2 Å². The van der Waals surface area contributed by atoms with Crippen molar-refractivity contribution in [2.45, 2.75) is 24.9 Å². The number of aromatic hydroxyl groups is 1. The number of nitro groups is 1. The average molecular weight is 611 g/mol. The van der Waals surface area contributed by atoms with Crippen LogP contribution < -0.4 is 26.4 Å². The second-order valence-corrected chi connectivity index (χ2v) is 9.00. The van der Waals surface area contributed by atoms with Gasteiger partial charge in [-0.25, -0.2) is 0 Å². The molecule has 3 rings (SSSR count). The smallest absolute Gasteiger partial charge is 0.271 e. The molecule has 0 saturated heterocycles. The zero-order valence-electron chi connectivity index (χ0n) is 18.7. The van der Waals surface area contributed by atoms with Crippen molar-refractivity contribution in [2.24, 2.45) is 5.73 Å². The lowest BCUT2D eigenvalue weighted by Gasteiger charge is -2.22. The lowest BCUT2D eigenvalue weighted by molar-refractivity contribution is -0.385. The molecule has 4 amide bonds. The number of non-ortho nitro benzene ring substituents is 1. The van der Waals surface area contributed by atoms with E-state index in [-0.39, 0.29) is 45.8 Å². The number of benzene rings is 2. The van der Waals surface area contributed by atoms with E-state index in [2.05, 4.69) is 16.0 Å². The van der Waals surface area contributed by atoms with Gasteiger partial charge < -0.3 is 31.5 Å². The third-order valence-electron chi connectivity index (χ3n) is 5.24. The molecule has 0 unspecified atom stereocenters. The molecule has 0 aliphatic carbocycles. The highest BCUT2D eigenvalue weighted by atomic mass is 127. The van der Waals surface area contributed by atoms with Gasteiger partial charge in [0.1, 0.15) is 23.6 Å². The van der Waals surface area contributed by atoms with Gasteiger partial charge in [-0.2, -0.15) is 0 Å². The highest BCUT2D eigenvalue weighted by Gasteiger charge is 2.28. The van der Waals surface area contributed by atoms with E-state index in [1.165, 1.54) is 18.2 Å². The number of carbonyl (C=O) groups is 4. The van der Waals surface area contributed by atoms with E-state index >= 15 is 0 Å². The van der Waals surface area contributed by atoms with Crippen LogP contribution in [0.2, 0.25) is 0 Å². The van der Waals surface area contributed by atoms with Crippen molar-refractivity contribution in [1.82, 2.24) is 16.0 Å². The molecule has 2 aromatic rings. The van der Waals surface area contributed by atoms with Gasteiger partial charge in [-0.15, -0.1) is 0 Å². The van der Waals surface area contributed by atoms with E-state index in [0.29, 0.717) is 5.56 Å². The SMILES string of the molecule is NC(=O)[C@@H]1CCOc2c(I)cc([N+](=O)[O-])cc2C(=O)N[C@@H](Cc2ccc(O)cc2)C(=O)NCC(=O)N1. The molecule has 14 heteroatoms. The van der Waals surface area contributed by atoms with Gasteiger partial charge in [0, 0.05) is 25.0 Å². The number of ether oxygens (including phenoxy) is 1. The number of phenolic OH excluding ortho intramolecular Hbond substituents is 1. The summed E-state index contributed by atoms with van der Waals surface area (Å²) in [5.41, 5.74) is 5.39. The summed E-state index contributed by atoms with van der Waals surface area (Å²) in [7, 11) is 0. The van der Waals surface area contributed by atoms with Crippen molar-refractivity contribution in [1.29, 1.82) is 0 Å². The number of carbonyl (C=O) groups excluding carboxylic acids is 4. The maximum Gasteiger partial charge on any atom is 0.271 e. The standard InChI is InChI=1S/C22H22IN5O8/c23-15-9-12(28(34)35)8-14-19(15)36-6-5-16(20(24)31)26-18(30)10-25-22(33)17(27-21(14)32)7-11-1-3-13(29)4-2-11/h1-4,8-9,16-17,29H,5-7,10H2,(H2,24,31)(H,25,33)(H,26,30)(H,27,32)/t16-,17-/m0/s1. The summed E-state index contributed by atoms with van der Waals surface area (Å²) < 4.78 is 5.95. The number of hydrogen-bond donors (Lipinski definition) is 5. The summed E-state index contributed by atoms with van der Waals surface area (Å²) in [6, 6.07) is 5.84. The van der Waals surface area contributed by atoms with Gasteiger partial charge in [0.05, 0.1) is 27.2 Å². The maximum atomic E-state index is 13.2. The van der Waals surface area contributed by atoms with Crippen LogP contribution in [-0.2, 0) is 20.8 Å². The molecule has 0 aromatic heterocycles. The van der Waals surface area contributed by atoms with Crippen LogP contribution in [0.15, 0.2) is 36.4 Å². The summed E-state index contributed by atoms with van der Waals surface area (Å²) in [5, 5.41) is 28.3. The minimum Gasteiger partial charge on any atom is -0.508 e. The van der Waals surface area contributed by atoms with Crippen LogP contribution in [0.3, 0.4) is 0 Å². The highest BCUT2D eigenvalue weighted by Crippen LogP contribution is 2.31. The Hall–Kier alpha value is -3.95. The number of rotatable bonds is 4. The fourth-order valence-electron chi connectivity index (χ4n) is 3.41. The van der Waals surface area contributed by atoms with Crippen molar-refractivity contribution < 1.29 is 33.9 Å². The van der Waals surface area contributed by atoms with Crippen LogP contribution in [0.4, 0.5) is 5.69 Å². The van der Waals surface area contributed by atoms with Gasteiger partial charge in [0.25, 0.3) is 11.6 Å². The minimum absolute atomic E-state index is 0.00637. The molecule has 13 nitrogen and oxygen atoms in total. The number of amides is 4. The monoisotopic (exact) mass is 611 g/mol. The third kappa shape index (κ3) is 6.80. The molecule has 2 aromatic carbocycles. The lowest BCUT2D eigenvalue weighted by atomic mass is 10.0. The predicted molar refractivity (Wildman–Crippen MR) is 133 cm³/mol. The van der Waals surface area contributed by atoms with Gasteiger partial charge in [-0.1, -0.05) is 12.1 Å². The average Bonchev–Trinajstić information content (AvgIpc) is 2.82. The lowest BCUT2D eigenvalue weighted by Crippen LogP contribution is -2.52.